The molecule has 1 aliphatic heterocycles. The highest BCUT2D eigenvalue weighted by Gasteiger charge is 2.26. The molecule has 0 bridgehead atoms. The molecule has 0 radical (unpaired) electrons. The Balaban J connectivity index is 1.76. The van der Waals surface area contributed by atoms with Crippen LogP contribution < -0.4 is 10.2 Å². The van der Waals surface area contributed by atoms with E-state index in [1.807, 2.05) is 11.3 Å². The van der Waals surface area contributed by atoms with E-state index in [1.54, 1.807) is 0 Å². The number of thiazole rings is 1. The molecular weight excluding hydrogens is 266 g/mol. The van der Waals surface area contributed by atoms with Gasteiger partial charge in [-0.15, -0.1) is 0 Å². The molecule has 4 heteroatoms. The number of nitrogens with zero attached hydrogens (tertiary/aromatic N) is 2. The van der Waals surface area contributed by atoms with E-state index in [0.29, 0.717) is 6.04 Å². The van der Waals surface area contributed by atoms with E-state index in [0.717, 1.165) is 5.92 Å². The second-order valence-electron chi connectivity index (χ2n) is 6.23. The highest BCUT2D eigenvalue weighted by Crippen LogP contribution is 2.38. The summed E-state index contributed by atoms with van der Waals surface area (Å²) in [5.74, 6) is 0.930. The fraction of sp³-hybridized carbons (Fsp3) is 0.812. The molecule has 2 aliphatic rings. The molecule has 1 aliphatic carbocycles. The lowest BCUT2D eigenvalue weighted by Gasteiger charge is -2.20. The number of aryl methyl sites for hydroxylation is 1. The number of nitrogens with one attached hydrogen (secondary N) is 1. The van der Waals surface area contributed by atoms with Crippen molar-refractivity contribution in [2.45, 2.75) is 57.9 Å². The van der Waals surface area contributed by atoms with Crippen molar-refractivity contribution in [1.82, 2.24) is 10.3 Å². The molecular formula is C16H27N3S. The van der Waals surface area contributed by atoms with E-state index in [1.165, 1.54) is 73.7 Å². The second-order valence-corrected chi connectivity index (χ2v) is 7.24. The van der Waals surface area contributed by atoms with Gasteiger partial charge in [0, 0.05) is 24.0 Å². The van der Waals surface area contributed by atoms with Crippen molar-refractivity contribution < 1.29 is 0 Å². The Hall–Kier alpha value is -0.610. The van der Waals surface area contributed by atoms with Gasteiger partial charge in [-0.25, -0.2) is 4.98 Å². The van der Waals surface area contributed by atoms with Crippen LogP contribution in [0.15, 0.2) is 0 Å². The maximum absolute atomic E-state index is 4.97. The number of hydrogen-bond donors (Lipinski definition) is 1. The molecule has 2 atom stereocenters. The Kier molecular flexibility index (Phi) is 4.61. The van der Waals surface area contributed by atoms with Crippen LogP contribution in [0.4, 0.5) is 5.13 Å². The van der Waals surface area contributed by atoms with Crippen LogP contribution in [0.5, 0.6) is 0 Å². The fourth-order valence-electron chi connectivity index (χ4n) is 3.58. The first-order chi connectivity index (χ1) is 9.81. The van der Waals surface area contributed by atoms with Gasteiger partial charge < -0.3 is 10.2 Å². The average Bonchev–Trinajstić information content (AvgIpc) is 2.77. The number of hydrogen-bond acceptors (Lipinski definition) is 4. The van der Waals surface area contributed by atoms with Crippen LogP contribution in [0.3, 0.4) is 0 Å². The van der Waals surface area contributed by atoms with E-state index < -0.39 is 0 Å². The summed E-state index contributed by atoms with van der Waals surface area (Å²) >= 11 is 1.94. The van der Waals surface area contributed by atoms with E-state index >= 15 is 0 Å². The highest BCUT2D eigenvalue weighted by molar-refractivity contribution is 7.15. The minimum atomic E-state index is 0.542. The van der Waals surface area contributed by atoms with Gasteiger partial charge in [0.1, 0.15) is 0 Å². The SMILES string of the molecule is CCC1CCCN(c2nc3c(s2)C(NC)CCC3)CC1. The van der Waals surface area contributed by atoms with Gasteiger partial charge in [-0.2, -0.15) is 0 Å². The average molecular weight is 293 g/mol. The molecule has 1 saturated heterocycles. The van der Waals surface area contributed by atoms with E-state index in [9.17, 15) is 0 Å². The third kappa shape index (κ3) is 2.86. The molecule has 0 saturated carbocycles. The lowest BCUT2D eigenvalue weighted by molar-refractivity contribution is 0.459. The van der Waals surface area contributed by atoms with Gasteiger partial charge in [0.25, 0.3) is 0 Å². The predicted molar refractivity (Wildman–Crippen MR) is 86.7 cm³/mol. The Morgan fingerprint density at radius 3 is 2.95 bits per heavy atom. The molecule has 0 spiro atoms. The zero-order valence-electron chi connectivity index (χ0n) is 12.8. The van der Waals surface area contributed by atoms with Gasteiger partial charge in [-0.1, -0.05) is 24.7 Å². The molecule has 0 amide bonds. The van der Waals surface area contributed by atoms with Crippen molar-refractivity contribution in [3.8, 4) is 0 Å². The minimum Gasteiger partial charge on any atom is -0.348 e. The van der Waals surface area contributed by atoms with Crippen LogP contribution in [-0.4, -0.2) is 25.1 Å². The smallest absolute Gasteiger partial charge is 0.185 e. The quantitative estimate of drug-likeness (QED) is 0.920. The van der Waals surface area contributed by atoms with Crippen LogP contribution in [0.1, 0.15) is 62.1 Å². The van der Waals surface area contributed by atoms with Crippen molar-refractivity contribution in [3.05, 3.63) is 10.6 Å². The minimum absolute atomic E-state index is 0.542. The summed E-state index contributed by atoms with van der Waals surface area (Å²) in [5, 5.41) is 4.74. The summed E-state index contributed by atoms with van der Waals surface area (Å²) in [6.07, 6.45) is 9.13. The Labute approximate surface area is 126 Å². The van der Waals surface area contributed by atoms with Crippen molar-refractivity contribution >= 4 is 16.5 Å². The maximum atomic E-state index is 4.97. The summed E-state index contributed by atoms with van der Waals surface area (Å²) in [4.78, 5) is 9.02. The van der Waals surface area contributed by atoms with Crippen molar-refractivity contribution in [3.63, 3.8) is 0 Å². The maximum Gasteiger partial charge on any atom is 0.185 e. The molecule has 1 aromatic rings. The Bertz CT molecular complexity index is 443. The van der Waals surface area contributed by atoms with Crippen molar-refractivity contribution in [2.75, 3.05) is 25.0 Å². The zero-order valence-corrected chi connectivity index (χ0v) is 13.6. The van der Waals surface area contributed by atoms with Crippen LogP contribution in [0, 0.1) is 5.92 Å². The first kappa shape index (κ1) is 14.3. The molecule has 1 aromatic heterocycles. The summed E-state index contributed by atoms with van der Waals surface area (Å²) in [6, 6.07) is 0.542. The monoisotopic (exact) mass is 293 g/mol. The molecule has 112 valence electrons. The van der Waals surface area contributed by atoms with Crippen LogP contribution in [-0.2, 0) is 6.42 Å². The van der Waals surface area contributed by atoms with Gasteiger partial charge in [0.05, 0.1) is 5.69 Å². The molecule has 2 unspecified atom stereocenters. The molecule has 1 fully saturated rings. The van der Waals surface area contributed by atoms with Gasteiger partial charge in [-0.3, -0.25) is 0 Å². The summed E-state index contributed by atoms with van der Waals surface area (Å²) in [5.41, 5.74) is 1.37. The standard InChI is InChI=1S/C16H27N3S/c1-3-12-6-5-10-19(11-9-12)16-18-14-8-4-7-13(17-2)15(14)20-16/h12-13,17H,3-11H2,1-2H3. The highest BCUT2D eigenvalue weighted by atomic mass is 32.1. The Morgan fingerprint density at radius 2 is 2.15 bits per heavy atom. The zero-order chi connectivity index (χ0) is 13.9. The van der Waals surface area contributed by atoms with Gasteiger partial charge in [0.15, 0.2) is 5.13 Å². The van der Waals surface area contributed by atoms with Gasteiger partial charge in [0.2, 0.25) is 0 Å². The molecule has 2 heterocycles. The van der Waals surface area contributed by atoms with Crippen molar-refractivity contribution in [2.24, 2.45) is 5.92 Å². The number of anilines is 1. The molecule has 3 rings (SSSR count). The van der Waals surface area contributed by atoms with Crippen LogP contribution in [0.25, 0.3) is 0 Å². The molecule has 20 heavy (non-hydrogen) atoms. The van der Waals surface area contributed by atoms with Gasteiger partial charge >= 0.3 is 0 Å². The van der Waals surface area contributed by atoms with Crippen LogP contribution >= 0.6 is 11.3 Å². The summed E-state index contributed by atoms with van der Waals surface area (Å²) in [7, 11) is 2.08. The van der Waals surface area contributed by atoms with E-state index in [-0.39, 0.29) is 0 Å². The van der Waals surface area contributed by atoms with Crippen LogP contribution in [0.2, 0.25) is 0 Å². The van der Waals surface area contributed by atoms with E-state index in [4.69, 9.17) is 4.98 Å². The molecule has 3 nitrogen and oxygen atoms in total. The third-order valence-corrected chi connectivity index (χ3v) is 6.26. The van der Waals surface area contributed by atoms with Gasteiger partial charge in [-0.05, 0) is 51.5 Å². The number of fused-ring (bicyclic) bond motifs is 1. The summed E-state index contributed by atoms with van der Waals surface area (Å²) in [6.45, 7) is 4.74. The lowest BCUT2D eigenvalue weighted by atomic mass is 9.98. The third-order valence-electron chi connectivity index (χ3n) is 4.98. The Morgan fingerprint density at radius 1 is 1.25 bits per heavy atom. The second kappa shape index (κ2) is 6.44. The normalized spacial score (nSPS) is 27.2. The number of rotatable bonds is 3. The predicted octanol–water partition coefficient (Wildman–Crippen LogP) is 3.76. The molecule has 1 N–H and O–H groups in total. The topological polar surface area (TPSA) is 28.2 Å². The lowest BCUT2D eigenvalue weighted by Crippen LogP contribution is -2.24. The van der Waals surface area contributed by atoms with Crippen molar-refractivity contribution in [1.29, 1.82) is 0 Å². The summed E-state index contributed by atoms with van der Waals surface area (Å²) < 4.78 is 0. The molecule has 0 aromatic carbocycles. The number of aromatic nitrogens is 1. The first-order valence-electron chi connectivity index (χ1n) is 8.23. The van der Waals surface area contributed by atoms with E-state index in [2.05, 4.69) is 24.2 Å². The largest absolute Gasteiger partial charge is 0.348 e. The fourth-order valence-corrected chi connectivity index (χ4v) is 4.89. The first-order valence-corrected chi connectivity index (χ1v) is 9.05.